The maximum absolute atomic E-state index is 11.6. The minimum Gasteiger partial charge on any atom is -0.508 e. The summed E-state index contributed by atoms with van der Waals surface area (Å²) in [6.45, 7) is 0. The van der Waals surface area contributed by atoms with Crippen LogP contribution in [0.3, 0.4) is 0 Å². The maximum atomic E-state index is 11.6. The van der Waals surface area contributed by atoms with E-state index in [4.69, 9.17) is 14.2 Å². The summed E-state index contributed by atoms with van der Waals surface area (Å²) < 4.78 is 20.2. The Balaban J connectivity index is 1.09. The molecule has 0 spiro atoms. The SMILES string of the molecule is Oc1ccc([C@H]2Oc3cc(O)cc(/C=C/c4cccc5c4[C@@H](c4cc(O)cc6c4[C@H](c4cc(O)cc(O)c4)[C@@H](c4ccc(O)cc4)O6)[C@H](c4ccc(O)cc4)O5)c3[C@@H]2c2cc(O)cc(O)c2)cc1. The van der Waals surface area contributed by atoms with Crippen molar-refractivity contribution in [3.05, 3.63) is 213 Å². The lowest BCUT2D eigenvalue weighted by molar-refractivity contribution is 0.220. The van der Waals surface area contributed by atoms with Crippen molar-refractivity contribution in [1.82, 2.24) is 0 Å². The van der Waals surface area contributed by atoms with Crippen LogP contribution < -0.4 is 14.2 Å². The Hall–Kier alpha value is -8.90. The van der Waals surface area contributed by atoms with Crippen LogP contribution in [0.2, 0.25) is 0 Å². The fourth-order valence-corrected chi connectivity index (χ4v) is 10.3. The summed E-state index contributed by atoms with van der Waals surface area (Å²) in [6.07, 6.45) is 1.61. The standard InChI is InChI=1S/C56H42O12/c57-35-12-6-29(7-13-35)54-50(33-19-38(60)23-39(61)20-33)49-32(18-42(64)26-46(49)67-54)5-4-28-2-1-3-45-48(28)53(56(66-45)31-10-16-37(59)17-11-31)44-25-43(65)27-47-52(44)51(34-21-40(62)24-41(63)22-34)55(68-47)30-8-14-36(58)15-9-30/h1-27,50-51,53-65H/b5-4+/t50-,51-,53+,54+,55+,56-/m0/s1. The Morgan fingerprint density at radius 2 is 0.676 bits per heavy atom. The summed E-state index contributed by atoms with van der Waals surface area (Å²) in [6, 6.07) is 40.6. The van der Waals surface area contributed by atoms with E-state index in [0.29, 0.717) is 67.3 Å². The van der Waals surface area contributed by atoms with Crippen LogP contribution >= 0.6 is 0 Å². The predicted octanol–water partition coefficient (Wildman–Crippen LogP) is 11.0. The Morgan fingerprint density at radius 3 is 1.18 bits per heavy atom. The van der Waals surface area contributed by atoms with Crippen LogP contribution in [0.25, 0.3) is 12.2 Å². The molecule has 3 heterocycles. The van der Waals surface area contributed by atoms with E-state index in [1.807, 2.05) is 30.4 Å². The van der Waals surface area contributed by atoms with Crippen molar-refractivity contribution in [3.8, 4) is 69.0 Å². The molecule has 3 aliphatic rings. The van der Waals surface area contributed by atoms with Gasteiger partial charge in [-0.1, -0.05) is 60.7 Å². The van der Waals surface area contributed by atoms with Gasteiger partial charge in [0.25, 0.3) is 0 Å². The van der Waals surface area contributed by atoms with E-state index in [0.717, 1.165) is 11.1 Å². The molecule has 0 bridgehead atoms. The number of fused-ring (bicyclic) bond motifs is 3. The third kappa shape index (κ3) is 7.37. The molecular weight excluding hydrogens is 865 g/mol. The monoisotopic (exact) mass is 906 g/mol. The molecule has 11 rings (SSSR count). The Bertz CT molecular complexity index is 3250. The van der Waals surface area contributed by atoms with E-state index in [2.05, 4.69) is 0 Å². The Kier molecular flexibility index (Phi) is 9.96. The highest BCUT2D eigenvalue weighted by atomic mass is 16.5. The van der Waals surface area contributed by atoms with E-state index in [9.17, 15) is 46.0 Å². The van der Waals surface area contributed by atoms with Crippen molar-refractivity contribution in [2.24, 2.45) is 0 Å². The van der Waals surface area contributed by atoms with Crippen LogP contribution in [0.5, 0.6) is 69.0 Å². The molecular formula is C56H42O12. The fraction of sp³-hybridized carbons (Fsp3) is 0.107. The largest absolute Gasteiger partial charge is 0.508 e. The molecule has 338 valence electrons. The van der Waals surface area contributed by atoms with Crippen molar-refractivity contribution in [3.63, 3.8) is 0 Å². The van der Waals surface area contributed by atoms with Gasteiger partial charge in [0.15, 0.2) is 0 Å². The summed E-state index contributed by atoms with van der Waals surface area (Å²) in [5.41, 5.74) is 7.17. The second-order valence-electron chi connectivity index (χ2n) is 17.4. The molecule has 0 fully saturated rings. The van der Waals surface area contributed by atoms with E-state index in [1.54, 1.807) is 109 Å². The number of benzene rings is 8. The van der Waals surface area contributed by atoms with Gasteiger partial charge in [-0.25, -0.2) is 0 Å². The van der Waals surface area contributed by atoms with Crippen molar-refractivity contribution >= 4 is 12.2 Å². The maximum Gasteiger partial charge on any atom is 0.135 e. The lowest BCUT2D eigenvalue weighted by Crippen LogP contribution is -2.16. The van der Waals surface area contributed by atoms with Gasteiger partial charge in [0.2, 0.25) is 0 Å². The molecule has 0 saturated carbocycles. The zero-order chi connectivity index (χ0) is 47.0. The van der Waals surface area contributed by atoms with Gasteiger partial charge in [-0.2, -0.15) is 0 Å². The topological polar surface area (TPSA) is 210 Å². The Labute approximate surface area is 389 Å². The normalized spacial score (nSPS) is 20.0. The van der Waals surface area contributed by atoms with E-state index < -0.39 is 36.1 Å². The first-order chi connectivity index (χ1) is 32.8. The molecule has 0 aromatic heterocycles. The molecule has 0 amide bonds. The number of aromatic hydroxyl groups is 9. The molecule has 6 atom stereocenters. The first-order valence-electron chi connectivity index (χ1n) is 21.8. The summed E-state index contributed by atoms with van der Waals surface area (Å²) in [5.74, 6) is -1.24. The van der Waals surface area contributed by atoms with Gasteiger partial charge in [0, 0.05) is 41.0 Å². The highest BCUT2D eigenvalue weighted by Crippen LogP contribution is 2.60. The molecule has 0 aliphatic carbocycles. The molecule has 8 aromatic carbocycles. The molecule has 9 N–H and O–H groups in total. The smallest absolute Gasteiger partial charge is 0.135 e. The average molecular weight is 907 g/mol. The molecule has 68 heavy (non-hydrogen) atoms. The fourth-order valence-electron chi connectivity index (χ4n) is 10.3. The highest BCUT2D eigenvalue weighted by Gasteiger charge is 2.46. The van der Waals surface area contributed by atoms with E-state index in [1.165, 1.54) is 24.3 Å². The number of rotatable bonds is 8. The van der Waals surface area contributed by atoms with Gasteiger partial charge in [0.05, 0.1) is 17.8 Å². The van der Waals surface area contributed by atoms with Gasteiger partial charge in [-0.3, -0.25) is 0 Å². The second kappa shape index (κ2) is 16.2. The molecule has 12 nitrogen and oxygen atoms in total. The lowest BCUT2D eigenvalue weighted by Gasteiger charge is -2.26. The lowest BCUT2D eigenvalue weighted by atomic mass is 9.75. The first kappa shape index (κ1) is 41.8. The van der Waals surface area contributed by atoms with Crippen molar-refractivity contribution in [2.75, 3.05) is 0 Å². The summed E-state index contributed by atoms with van der Waals surface area (Å²) in [7, 11) is 0. The number of hydrogen-bond donors (Lipinski definition) is 9. The van der Waals surface area contributed by atoms with E-state index >= 15 is 0 Å². The van der Waals surface area contributed by atoms with Crippen molar-refractivity contribution < 1.29 is 60.2 Å². The first-order valence-corrected chi connectivity index (χ1v) is 21.8. The predicted molar refractivity (Wildman–Crippen MR) is 251 cm³/mol. The Morgan fingerprint density at radius 1 is 0.294 bits per heavy atom. The van der Waals surface area contributed by atoms with Crippen molar-refractivity contribution in [1.29, 1.82) is 0 Å². The van der Waals surface area contributed by atoms with Crippen LogP contribution in [0.1, 0.15) is 97.3 Å². The second-order valence-corrected chi connectivity index (χ2v) is 17.4. The number of phenolic OH excluding ortho intramolecular Hbond substituents is 9. The van der Waals surface area contributed by atoms with E-state index in [-0.39, 0.29) is 51.7 Å². The average Bonchev–Trinajstić information content (AvgIpc) is 4.00. The minimum atomic E-state index is -0.738. The number of phenols is 9. The highest BCUT2D eigenvalue weighted by molar-refractivity contribution is 5.79. The van der Waals surface area contributed by atoms with Gasteiger partial charge in [-0.05, 0) is 123 Å². The van der Waals surface area contributed by atoms with Gasteiger partial charge in [0.1, 0.15) is 87.3 Å². The number of hydrogen-bond acceptors (Lipinski definition) is 12. The van der Waals surface area contributed by atoms with Gasteiger partial charge in [-0.15, -0.1) is 0 Å². The van der Waals surface area contributed by atoms with Crippen molar-refractivity contribution in [2.45, 2.75) is 36.1 Å². The van der Waals surface area contributed by atoms with Gasteiger partial charge >= 0.3 is 0 Å². The third-order valence-corrected chi connectivity index (χ3v) is 13.0. The van der Waals surface area contributed by atoms with Gasteiger partial charge < -0.3 is 60.2 Å². The molecule has 0 radical (unpaired) electrons. The van der Waals surface area contributed by atoms with Crippen LogP contribution in [0.15, 0.2) is 152 Å². The minimum absolute atomic E-state index is 0.0562. The summed E-state index contributed by atoms with van der Waals surface area (Å²) in [5, 5.41) is 96.5. The zero-order valence-corrected chi connectivity index (χ0v) is 35.8. The zero-order valence-electron chi connectivity index (χ0n) is 35.8. The molecule has 12 heteroatoms. The summed E-state index contributed by atoms with van der Waals surface area (Å²) in [4.78, 5) is 0. The third-order valence-electron chi connectivity index (χ3n) is 13.0. The molecule has 8 aromatic rings. The summed E-state index contributed by atoms with van der Waals surface area (Å²) >= 11 is 0. The molecule has 3 aliphatic heterocycles. The molecule has 0 unspecified atom stereocenters. The molecule has 0 saturated heterocycles. The van der Waals surface area contributed by atoms with Crippen LogP contribution in [-0.2, 0) is 0 Å². The van der Waals surface area contributed by atoms with Crippen LogP contribution in [0, 0.1) is 0 Å². The van der Waals surface area contributed by atoms with Crippen LogP contribution in [-0.4, -0.2) is 46.0 Å². The quantitative estimate of drug-likeness (QED) is 0.0652. The number of ether oxygens (including phenoxy) is 3. The van der Waals surface area contributed by atoms with Crippen LogP contribution in [0.4, 0.5) is 0 Å².